The molecule has 0 aliphatic heterocycles. The van der Waals surface area contributed by atoms with E-state index in [0.717, 1.165) is 11.8 Å². The van der Waals surface area contributed by atoms with Crippen molar-refractivity contribution < 1.29 is 23.9 Å². The number of aliphatic carboxylic acids is 1. The van der Waals surface area contributed by atoms with Crippen LogP contribution in [-0.4, -0.2) is 29.3 Å². The van der Waals surface area contributed by atoms with E-state index in [2.05, 4.69) is 4.84 Å². The Kier molecular flexibility index (Phi) is 5.44. The van der Waals surface area contributed by atoms with Crippen molar-refractivity contribution in [3.8, 4) is 0 Å². The summed E-state index contributed by atoms with van der Waals surface area (Å²) in [7, 11) is 0. The van der Waals surface area contributed by atoms with Crippen molar-refractivity contribution in [1.29, 1.82) is 0 Å². The summed E-state index contributed by atoms with van der Waals surface area (Å²) in [5, 5.41) is 8.24. The molecule has 92 valence electrons. The molecule has 0 aliphatic rings. The number of amides is 1. The Labute approximate surface area is 101 Å². The second-order valence-electron chi connectivity index (χ2n) is 2.93. The highest BCUT2D eigenvalue weighted by atomic mass is 32.2. The van der Waals surface area contributed by atoms with Crippen LogP contribution in [0, 0.1) is 5.82 Å². The largest absolute Gasteiger partial charge is 0.479 e. The van der Waals surface area contributed by atoms with Gasteiger partial charge in [-0.2, -0.15) is 0 Å². The van der Waals surface area contributed by atoms with Gasteiger partial charge in [0.25, 0.3) is 5.91 Å². The van der Waals surface area contributed by atoms with Gasteiger partial charge in [0.2, 0.25) is 0 Å². The Hall–Kier alpha value is -1.60. The molecule has 0 atom stereocenters. The Bertz CT molecular complexity index is 413. The number of hydrogen-bond acceptors (Lipinski definition) is 4. The normalized spacial score (nSPS) is 9.94. The lowest BCUT2D eigenvalue weighted by Gasteiger charge is -2.04. The molecule has 0 fully saturated rings. The van der Waals surface area contributed by atoms with Crippen molar-refractivity contribution in [2.45, 2.75) is 4.90 Å². The molecule has 1 rings (SSSR count). The molecule has 5 nitrogen and oxygen atoms in total. The van der Waals surface area contributed by atoms with Crippen LogP contribution in [0.3, 0.4) is 0 Å². The molecule has 1 aromatic rings. The number of halogens is 1. The molecule has 2 N–H and O–H groups in total. The summed E-state index contributed by atoms with van der Waals surface area (Å²) in [6.45, 7) is -0.615. The summed E-state index contributed by atoms with van der Waals surface area (Å²) in [5.74, 6) is -2.18. The lowest BCUT2D eigenvalue weighted by molar-refractivity contribution is -0.148. The summed E-state index contributed by atoms with van der Waals surface area (Å²) in [6.07, 6.45) is 0. The molecule has 17 heavy (non-hydrogen) atoms. The van der Waals surface area contributed by atoms with Crippen molar-refractivity contribution >= 4 is 23.6 Å². The molecule has 0 bridgehead atoms. The zero-order valence-electron chi connectivity index (χ0n) is 8.68. The second-order valence-corrected chi connectivity index (χ2v) is 3.94. The van der Waals surface area contributed by atoms with Gasteiger partial charge in [-0.1, -0.05) is 12.1 Å². The minimum atomic E-state index is -1.19. The lowest BCUT2D eigenvalue weighted by atomic mass is 10.3. The average molecular weight is 259 g/mol. The van der Waals surface area contributed by atoms with E-state index in [1.165, 1.54) is 6.07 Å². The molecule has 1 aromatic carbocycles. The molecule has 0 saturated heterocycles. The first kappa shape index (κ1) is 13.5. The van der Waals surface area contributed by atoms with Crippen LogP contribution < -0.4 is 5.48 Å². The first-order valence-electron chi connectivity index (χ1n) is 4.59. The number of benzene rings is 1. The molecule has 0 unspecified atom stereocenters. The van der Waals surface area contributed by atoms with E-state index in [0.29, 0.717) is 4.90 Å². The van der Waals surface area contributed by atoms with Gasteiger partial charge in [-0.3, -0.25) is 9.63 Å². The van der Waals surface area contributed by atoms with Crippen LogP contribution in [0.5, 0.6) is 0 Å². The lowest BCUT2D eigenvalue weighted by Crippen LogP contribution is -2.28. The molecule has 7 heteroatoms. The van der Waals surface area contributed by atoms with E-state index in [1.807, 2.05) is 5.48 Å². The van der Waals surface area contributed by atoms with E-state index in [1.54, 1.807) is 18.2 Å². The van der Waals surface area contributed by atoms with Crippen molar-refractivity contribution in [3.63, 3.8) is 0 Å². The zero-order chi connectivity index (χ0) is 12.7. The predicted octanol–water partition coefficient (Wildman–Crippen LogP) is 1.05. The maximum absolute atomic E-state index is 13.1. The van der Waals surface area contributed by atoms with Crippen LogP contribution in [0.1, 0.15) is 0 Å². The molecule has 0 aromatic heterocycles. The first-order chi connectivity index (χ1) is 8.09. The third-order valence-corrected chi connectivity index (χ3v) is 2.63. The third kappa shape index (κ3) is 5.32. The van der Waals surface area contributed by atoms with Gasteiger partial charge in [-0.25, -0.2) is 14.7 Å². The van der Waals surface area contributed by atoms with Gasteiger partial charge in [0.1, 0.15) is 5.82 Å². The highest BCUT2D eigenvalue weighted by Gasteiger charge is 2.06. The van der Waals surface area contributed by atoms with Crippen molar-refractivity contribution in [2.75, 3.05) is 12.4 Å². The number of carboxylic acid groups (broad SMARTS) is 1. The summed E-state index contributed by atoms with van der Waals surface area (Å²) in [6, 6.07) is 6.05. The fourth-order valence-corrected chi connectivity index (χ4v) is 1.64. The second kappa shape index (κ2) is 6.87. The van der Waals surface area contributed by atoms with Gasteiger partial charge < -0.3 is 5.11 Å². The van der Waals surface area contributed by atoms with Crippen molar-refractivity contribution in [3.05, 3.63) is 30.1 Å². The van der Waals surface area contributed by atoms with Crippen molar-refractivity contribution in [2.24, 2.45) is 0 Å². The van der Waals surface area contributed by atoms with E-state index in [-0.39, 0.29) is 5.75 Å². The molecule has 0 spiro atoms. The highest BCUT2D eigenvalue weighted by Crippen LogP contribution is 2.20. The summed E-state index contributed by atoms with van der Waals surface area (Å²) in [4.78, 5) is 25.9. The Morgan fingerprint density at radius 1 is 1.41 bits per heavy atom. The molecular weight excluding hydrogens is 249 g/mol. The molecule has 0 radical (unpaired) electrons. The SMILES string of the molecule is O=C(O)CONC(=O)CSc1ccccc1F. The third-order valence-electron chi connectivity index (χ3n) is 1.58. The number of carbonyl (C=O) groups excluding carboxylic acids is 1. The zero-order valence-corrected chi connectivity index (χ0v) is 9.50. The predicted molar refractivity (Wildman–Crippen MR) is 58.9 cm³/mol. The van der Waals surface area contributed by atoms with Crippen LogP contribution >= 0.6 is 11.8 Å². The number of carboxylic acids is 1. The first-order valence-corrected chi connectivity index (χ1v) is 5.58. The fourth-order valence-electron chi connectivity index (χ4n) is 0.913. The minimum Gasteiger partial charge on any atom is -0.479 e. The number of thioether (sulfide) groups is 1. The van der Waals surface area contributed by atoms with E-state index in [4.69, 9.17) is 5.11 Å². The molecular formula is C10H10FNO4S. The maximum Gasteiger partial charge on any atom is 0.332 e. The number of rotatable bonds is 6. The van der Waals surface area contributed by atoms with Crippen molar-refractivity contribution in [1.82, 2.24) is 5.48 Å². The van der Waals surface area contributed by atoms with Gasteiger partial charge in [-0.15, -0.1) is 11.8 Å². The standard InChI is InChI=1S/C10H10FNO4S/c11-7-3-1-2-4-8(7)17-6-9(13)12-16-5-10(14)15/h1-4H,5-6H2,(H,12,13)(H,14,15). The summed E-state index contributed by atoms with van der Waals surface area (Å²) in [5.41, 5.74) is 1.94. The number of hydroxylamine groups is 1. The van der Waals surface area contributed by atoms with E-state index < -0.39 is 24.3 Å². The topological polar surface area (TPSA) is 75.6 Å². The minimum absolute atomic E-state index is 0.0550. The van der Waals surface area contributed by atoms with E-state index in [9.17, 15) is 14.0 Å². The van der Waals surface area contributed by atoms with Gasteiger partial charge in [0.15, 0.2) is 6.61 Å². The van der Waals surface area contributed by atoms with Gasteiger partial charge in [-0.05, 0) is 12.1 Å². The van der Waals surface area contributed by atoms with Crippen LogP contribution in [0.15, 0.2) is 29.2 Å². The highest BCUT2D eigenvalue weighted by molar-refractivity contribution is 8.00. The maximum atomic E-state index is 13.1. The Morgan fingerprint density at radius 2 is 2.12 bits per heavy atom. The Morgan fingerprint density at radius 3 is 2.76 bits per heavy atom. The van der Waals surface area contributed by atoms with Gasteiger partial charge in [0, 0.05) is 4.90 Å². The monoisotopic (exact) mass is 259 g/mol. The number of hydrogen-bond donors (Lipinski definition) is 2. The van der Waals surface area contributed by atoms with Crippen LogP contribution in [0.2, 0.25) is 0 Å². The van der Waals surface area contributed by atoms with E-state index >= 15 is 0 Å². The van der Waals surface area contributed by atoms with Gasteiger partial charge in [0.05, 0.1) is 5.75 Å². The van der Waals surface area contributed by atoms with Crippen LogP contribution in [-0.2, 0) is 14.4 Å². The summed E-state index contributed by atoms with van der Waals surface area (Å²) < 4.78 is 13.1. The quantitative estimate of drug-likeness (QED) is 0.590. The molecule has 0 heterocycles. The fraction of sp³-hybridized carbons (Fsp3) is 0.200. The Balaban J connectivity index is 2.29. The number of carbonyl (C=O) groups is 2. The van der Waals surface area contributed by atoms with Crippen LogP contribution in [0.25, 0.3) is 0 Å². The average Bonchev–Trinajstić information content (AvgIpc) is 2.27. The molecule has 1 amide bonds. The summed E-state index contributed by atoms with van der Waals surface area (Å²) >= 11 is 1.000. The molecule has 0 aliphatic carbocycles. The van der Waals surface area contributed by atoms with Gasteiger partial charge >= 0.3 is 5.97 Å². The molecule has 0 saturated carbocycles. The van der Waals surface area contributed by atoms with Crippen LogP contribution in [0.4, 0.5) is 4.39 Å². The number of nitrogens with one attached hydrogen (secondary N) is 1. The smallest absolute Gasteiger partial charge is 0.332 e.